The molecule has 0 aromatic carbocycles. The lowest BCUT2D eigenvalue weighted by Crippen LogP contribution is -2.49. The number of rotatable bonds is 3. The second kappa shape index (κ2) is 3.25. The van der Waals surface area contributed by atoms with E-state index in [1.165, 1.54) is 0 Å². The number of hydrogen-bond acceptors (Lipinski definition) is 2. The van der Waals surface area contributed by atoms with Gasteiger partial charge in [-0.25, -0.2) is 8.78 Å². The van der Waals surface area contributed by atoms with Crippen molar-refractivity contribution in [3.8, 4) is 0 Å². The Hall–Kier alpha value is -0.220. The van der Waals surface area contributed by atoms with Crippen LogP contribution in [0.3, 0.4) is 0 Å². The van der Waals surface area contributed by atoms with Crippen molar-refractivity contribution < 1.29 is 13.9 Å². The molecular weight excluding hydrogens is 140 g/mol. The largest absolute Gasteiger partial charge is 0.396 e. The topological polar surface area (TPSA) is 23.5 Å². The fraction of sp³-hybridized carbons (Fsp3) is 1.00. The van der Waals surface area contributed by atoms with Crippen molar-refractivity contribution in [3.05, 3.63) is 0 Å². The van der Waals surface area contributed by atoms with Gasteiger partial charge in [0.05, 0.1) is 6.54 Å². The van der Waals surface area contributed by atoms with Gasteiger partial charge in [-0.3, -0.25) is 4.90 Å². The van der Waals surface area contributed by atoms with Gasteiger partial charge >= 0.3 is 0 Å². The average molecular weight is 151 g/mol. The molecule has 1 N–H and O–H groups in total. The van der Waals surface area contributed by atoms with E-state index in [9.17, 15) is 8.78 Å². The van der Waals surface area contributed by atoms with Gasteiger partial charge in [0.25, 0.3) is 6.43 Å². The molecule has 2 nitrogen and oxygen atoms in total. The van der Waals surface area contributed by atoms with Gasteiger partial charge in [0.1, 0.15) is 0 Å². The molecular formula is C6H11F2NO. The van der Waals surface area contributed by atoms with Crippen LogP contribution in [0.15, 0.2) is 0 Å². The standard InChI is InChI=1S/C6H11F2NO/c7-6(8)3-9-1-5(2-9)4-10/h5-6,10H,1-4H2. The van der Waals surface area contributed by atoms with Crippen LogP contribution in [0, 0.1) is 5.92 Å². The number of nitrogens with zero attached hydrogens (tertiary/aromatic N) is 1. The van der Waals surface area contributed by atoms with E-state index >= 15 is 0 Å². The summed E-state index contributed by atoms with van der Waals surface area (Å²) in [5.74, 6) is 0.235. The van der Waals surface area contributed by atoms with Crippen LogP contribution < -0.4 is 0 Å². The Labute approximate surface area is 58.4 Å². The molecule has 0 spiro atoms. The first-order valence-electron chi connectivity index (χ1n) is 3.33. The molecule has 60 valence electrons. The third-order valence-electron chi connectivity index (χ3n) is 1.69. The van der Waals surface area contributed by atoms with Gasteiger partial charge in [0, 0.05) is 25.6 Å². The molecule has 0 radical (unpaired) electrons. The monoisotopic (exact) mass is 151 g/mol. The molecule has 10 heavy (non-hydrogen) atoms. The van der Waals surface area contributed by atoms with E-state index in [0.717, 1.165) is 0 Å². The minimum atomic E-state index is -2.24. The lowest BCUT2D eigenvalue weighted by Gasteiger charge is -2.37. The van der Waals surface area contributed by atoms with Crippen LogP contribution in [0.2, 0.25) is 0 Å². The Morgan fingerprint density at radius 1 is 1.50 bits per heavy atom. The highest BCUT2D eigenvalue weighted by atomic mass is 19.3. The summed E-state index contributed by atoms with van der Waals surface area (Å²) in [7, 11) is 0. The van der Waals surface area contributed by atoms with Crippen molar-refractivity contribution in [1.82, 2.24) is 4.90 Å². The molecule has 0 aliphatic carbocycles. The van der Waals surface area contributed by atoms with Crippen molar-refractivity contribution in [2.24, 2.45) is 5.92 Å². The zero-order chi connectivity index (χ0) is 7.56. The summed E-state index contributed by atoms with van der Waals surface area (Å²) in [6.07, 6.45) is -2.24. The van der Waals surface area contributed by atoms with E-state index in [4.69, 9.17) is 5.11 Å². The summed E-state index contributed by atoms with van der Waals surface area (Å²) in [6.45, 7) is 1.23. The summed E-state index contributed by atoms with van der Waals surface area (Å²) in [5, 5.41) is 8.52. The summed E-state index contributed by atoms with van der Waals surface area (Å²) < 4.78 is 23.3. The van der Waals surface area contributed by atoms with E-state index in [2.05, 4.69) is 0 Å². The minimum Gasteiger partial charge on any atom is -0.396 e. The molecule has 0 unspecified atom stereocenters. The fourth-order valence-electron chi connectivity index (χ4n) is 1.14. The predicted molar refractivity (Wildman–Crippen MR) is 33.0 cm³/mol. The van der Waals surface area contributed by atoms with E-state index in [-0.39, 0.29) is 19.1 Å². The van der Waals surface area contributed by atoms with E-state index in [1.54, 1.807) is 4.90 Å². The molecule has 0 aromatic heterocycles. The first-order valence-corrected chi connectivity index (χ1v) is 3.33. The third kappa shape index (κ3) is 1.88. The van der Waals surface area contributed by atoms with Crippen molar-refractivity contribution in [3.63, 3.8) is 0 Å². The summed E-state index contributed by atoms with van der Waals surface area (Å²) >= 11 is 0. The van der Waals surface area contributed by atoms with Crippen LogP contribution in [0.4, 0.5) is 8.78 Å². The Morgan fingerprint density at radius 2 is 2.10 bits per heavy atom. The Kier molecular flexibility index (Phi) is 2.56. The maximum Gasteiger partial charge on any atom is 0.251 e. The lowest BCUT2D eigenvalue weighted by molar-refractivity contribution is 0.00481. The highest BCUT2D eigenvalue weighted by Crippen LogP contribution is 2.15. The van der Waals surface area contributed by atoms with Gasteiger partial charge < -0.3 is 5.11 Å². The van der Waals surface area contributed by atoms with Gasteiger partial charge in [0.2, 0.25) is 0 Å². The first-order chi connectivity index (χ1) is 4.72. The second-order valence-electron chi connectivity index (χ2n) is 2.66. The highest BCUT2D eigenvalue weighted by molar-refractivity contribution is 4.78. The van der Waals surface area contributed by atoms with Gasteiger partial charge in [-0.2, -0.15) is 0 Å². The van der Waals surface area contributed by atoms with Gasteiger partial charge in [0.15, 0.2) is 0 Å². The van der Waals surface area contributed by atoms with Crippen LogP contribution in [-0.4, -0.2) is 42.7 Å². The van der Waals surface area contributed by atoms with Crippen LogP contribution >= 0.6 is 0 Å². The van der Waals surface area contributed by atoms with Gasteiger partial charge in [-0.1, -0.05) is 0 Å². The number of aliphatic hydroxyl groups is 1. The maximum absolute atomic E-state index is 11.6. The molecule has 0 amide bonds. The first kappa shape index (κ1) is 7.88. The molecule has 0 atom stereocenters. The molecule has 1 aliphatic rings. The zero-order valence-corrected chi connectivity index (χ0v) is 5.63. The molecule has 1 fully saturated rings. The normalized spacial score (nSPS) is 21.6. The number of alkyl halides is 2. The van der Waals surface area contributed by atoms with Crippen molar-refractivity contribution in [2.45, 2.75) is 6.43 Å². The van der Waals surface area contributed by atoms with Crippen LogP contribution in [-0.2, 0) is 0 Å². The van der Waals surface area contributed by atoms with E-state index in [0.29, 0.717) is 13.1 Å². The lowest BCUT2D eigenvalue weighted by atomic mass is 10.0. The smallest absolute Gasteiger partial charge is 0.251 e. The SMILES string of the molecule is OCC1CN(CC(F)F)C1. The van der Waals surface area contributed by atoms with Crippen LogP contribution in [0.25, 0.3) is 0 Å². The Bertz CT molecular complexity index is 104. The summed E-state index contributed by atoms with van der Waals surface area (Å²) in [6, 6.07) is 0. The predicted octanol–water partition coefficient (Wildman–Crippen LogP) is 0.176. The fourth-order valence-corrected chi connectivity index (χ4v) is 1.14. The van der Waals surface area contributed by atoms with Gasteiger partial charge in [-0.05, 0) is 0 Å². The molecule has 1 heterocycles. The molecule has 0 aromatic rings. The number of hydrogen-bond donors (Lipinski definition) is 1. The van der Waals surface area contributed by atoms with Crippen molar-refractivity contribution in [2.75, 3.05) is 26.2 Å². The average Bonchev–Trinajstić information content (AvgIpc) is 1.76. The third-order valence-corrected chi connectivity index (χ3v) is 1.69. The number of aliphatic hydroxyl groups excluding tert-OH is 1. The van der Waals surface area contributed by atoms with E-state index < -0.39 is 6.43 Å². The van der Waals surface area contributed by atoms with E-state index in [1.807, 2.05) is 0 Å². The Balaban J connectivity index is 2.03. The number of likely N-dealkylation sites (tertiary alicyclic amines) is 1. The molecule has 0 saturated carbocycles. The van der Waals surface area contributed by atoms with Crippen molar-refractivity contribution in [1.29, 1.82) is 0 Å². The molecule has 1 rings (SSSR count). The zero-order valence-electron chi connectivity index (χ0n) is 5.63. The van der Waals surface area contributed by atoms with Crippen molar-refractivity contribution >= 4 is 0 Å². The molecule has 4 heteroatoms. The van der Waals surface area contributed by atoms with Crippen LogP contribution in [0.5, 0.6) is 0 Å². The minimum absolute atomic E-state index is 0.125. The quantitative estimate of drug-likeness (QED) is 0.621. The Morgan fingerprint density at radius 3 is 2.50 bits per heavy atom. The second-order valence-corrected chi connectivity index (χ2v) is 2.66. The molecule has 1 aliphatic heterocycles. The highest BCUT2D eigenvalue weighted by Gasteiger charge is 2.27. The summed E-state index contributed by atoms with van der Waals surface area (Å²) in [5.41, 5.74) is 0. The van der Waals surface area contributed by atoms with Gasteiger partial charge in [-0.15, -0.1) is 0 Å². The summed E-state index contributed by atoms with van der Waals surface area (Å²) in [4.78, 5) is 1.64. The number of halogens is 2. The molecule has 1 saturated heterocycles. The maximum atomic E-state index is 11.6. The van der Waals surface area contributed by atoms with Crippen LogP contribution in [0.1, 0.15) is 0 Å². The molecule has 0 bridgehead atoms.